The van der Waals surface area contributed by atoms with Crippen LogP contribution in [0, 0.1) is 11.7 Å². The van der Waals surface area contributed by atoms with E-state index in [9.17, 15) is 14.3 Å². The molecule has 1 aromatic heterocycles. The highest BCUT2D eigenvalue weighted by atomic mass is 19.1. The molecular weight excluding hydrogens is 299 g/mol. The van der Waals surface area contributed by atoms with E-state index in [0.29, 0.717) is 6.54 Å². The van der Waals surface area contributed by atoms with E-state index < -0.39 is 5.82 Å². The van der Waals surface area contributed by atoms with Crippen LogP contribution in [0.3, 0.4) is 0 Å². The maximum absolute atomic E-state index is 13.8. The van der Waals surface area contributed by atoms with Gasteiger partial charge >= 0.3 is 0 Å². The number of likely N-dealkylation sites (tertiary alicyclic amines) is 1. The Balaban J connectivity index is 1.82. The van der Waals surface area contributed by atoms with Crippen LogP contribution in [-0.4, -0.2) is 40.3 Å². The van der Waals surface area contributed by atoms with Crippen LogP contribution in [0.25, 0.3) is 11.3 Å². The van der Waals surface area contributed by atoms with E-state index in [1.807, 2.05) is 6.92 Å². The molecule has 1 fully saturated rings. The fourth-order valence-electron chi connectivity index (χ4n) is 2.93. The summed E-state index contributed by atoms with van der Waals surface area (Å²) in [5.74, 6) is -0.348. The molecule has 1 aromatic carbocycles. The summed E-state index contributed by atoms with van der Waals surface area (Å²) in [6, 6.07) is 7.75. The summed E-state index contributed by atoms with van der Waals surface area (Å²) in [7, 11) is 0. The number of aliphatic hydroxyl groups excluding tert-OH is 1. The van der Waals surface area contributed by atoms with Gasteiger partial charge in [0.15, 0.2) is 11.5 Å². The van der Waals surface area contributed by atoms with Gasteiger partial charge in [-0.1, -0.05) is 17.3 Å². The Morgan fingerprint density at radius 1 is 1.43 bits per heavy atom. The number of hydrogen-bond donors (Lipinski definition) is 1. The van der Waals surface area contributed by atoms with Gasteiger partial charge in [-0.3, -0.25) is 4.79 Å². The number of piperidine rings is 1. The van der Waals surface area contributed by atoms with Gasteiger partial charge < -0.3 is 14.5 Å². The Morgan fingerprint density at radius 2 is 2.22 bits per heavy atom. The van der Waals surface area contributed by atoms with Gasteiger partial charge in [-0.2, -0.15) is 0 Å². The Morgan fingerprint density at radius 3 is 2.96 bits per heavy atom. The third-order valence-electron chi connectivity index (χ3n) is 4.37. The van der Waals surface area contributed by atoms with Crippen molar-refractivity contribution >= 4 is 5.91 Å². The number of carbonyl (C=O) groups is 1. The highest BCUT2D eigenvalue weighted by molar-refractivity contribution is 5.93. The van der Waals surface area contributed by atoms with Crippen molar-refractivity contribution in [3.8, 4) is 11.3 Å². The number of carbonyl (C=O) groups excluding carboxylic acids is 1. The second-order valence-electron chi connectivity index (χ2n) is 5.99. The largest absolute Gasteiger partial charge is 0.396 e. The minimum absolute atomic E-state index is 0.0653. The second kappa shape index (κ2) is 6.50. The van der Waals surface area contributed by atoms with Gasteiger partial charge in [-0.25, -0.2) is 4.39 Å². The van der Waals surface area contributed by atoms with Gasteiger partial charge in [0.05, 0.1) is 5.56 Å². The van der Waals surface area contributed by atoms with Crippen LogP contribution in [0.5, 0.6) is 0 Å². The number of amides is 1. The van der Waals surface area contributed by atoms with E-state index in [1.54, 1.807) is 23.1 Å². The van der Waals surface area contributed by atoms with E-state index in [1.165, 1.54) is 12.1 Å². The molecule has 0 radical (unpaired) electrons. The van der Waals surface area contributed by atoms with Crippen LogP contribution in [0.1, 0.15) is 30.3 Å². The third-order valence-corrected chi connectivity index (χ3v) is 4.37. The number of hydrogen-bond acceptors (Lipinski definition) is 4. The maximum Gasteiger partial charge on any atom is 0.276 e. The van der Waals surface area contributed by atoms with Crippen LogP contribution >= 0.6 is 0 Å². The van der Waals surface area contributed by atoms with Crippen molar-refractivity contribution in [2.24, 2.45) is 5.92 Å². The summed E-state index contributed by atoms with van der Waals surface area (Å²) in [6.07, 6.45) is 1.75. The lowest BCUT2D eigenvalue weighted by atomic mass is 9.94. The molecule has 0 bridgehead atoms. The molecule has 1 aliphatic heterocycles. The highest BCUT2D eigenvalue weighted by Gasteiger charge is 2.31. The summed E-state index contributed by atoms with van der Waals surface area (Å²) < 4.78 is 18.9. The molecule has 0 saturated carbocycles. The highest BCUT2D eigenvalue weighted by Crippen LogP contribution is 2.26. The average Bonchev–Trinajstić information content (AvgIpc) is 3.05. The molecule has 2 unspecified atom stereocenters. The fourth-order valence-corrected chi connectivity index (χ4v) is 2.93. The molecule has 3 rings (SSSR count). The Hall–Kier alpha value is -2.21. The predicted molar refractivity (Wildman–Crippen MR) is 82.2 cm³/mol. The quantitative estimate of drug-likeness (QED) is 0.945. The van der Waals surface area contributed by atoms with E-state index in [4.69, 9.17) is 4.52 Å². The van der Waals surface area contributed by atoms with Crippen molar-refractivity contribution in [3.63, 3.8) is 0 Å². The summed E-state index contributed by atoms with van der Waals surface area (Å²) in [5, 5.41) is 13.1. The third kappa shape index (κ3) is 3.12. The standard InChI is InChI=1S/C17H19FN2O3/c1-11-6-7-12(10-21)9-20(11)17(22)15-8-16(23-19-15)13-4-2-3-5-14(13)18/h2-5,8,11-12,21H,6-7,9-10H2,1H3. The zero-order valence-corrected chi connectivity index (χ0v) is 12.9. The minimum atomic E-state index is -0.422. The van der Waals surface area contributed by atoms with E-state index in [2.05, 4.69) is 5.16 Å². The van der Waals surface area contributed by atoms with E-state index >= 15 is 0 Å². The molecule has 2 aromatic rings. The van der Waals surface area contributed by atoms with Crippen molar-refractivity contribution in [1.29, 1.82) is 0 Å². The SMILES string of the molecule is CC1CCC(CO)CN1C(=O)c1cc(-c2ccccc2F)on1. The van der Waals surface area contributed by atoms with E-state index in [-0.39, 0.29) is 41.5 Å². The molecule has 1 N–H and O–H groups in total. The molecule has 23 heavy (non-hydrogen) atoms. The predicted octanol–water partition coefficient (Wildman–Crippen LogP) is 2.71. The monoisotopic (exact) mass is 318 g/mol. The zero-order valence-electron chi connectivity index (χ0n) is 12.9. The first-order valence-corrected chi connectivity index (χ1v) is 7.73. The minimum Gasteiger partial charge on any atom is -0.396 e. The summed E-state index contributed by atoms with van der Waals surface area (Å²) >= 11 is 0. The van der Waals surface area contributed by atoms with E-state index in [0.717, 1.165) is 12.8 Å². The summed E-state index contributed by atoms with van der Waals surface area (Å²) in [6.45, 7) is 2.54. The van der Waals surface area contributed by atoms with Crippen LogP contribution in [0.2, 0.25) is 0 Å². The van der Waals surface area contributed by atoms with Gasteiger partial charge in [-0.15, -0.1) is 0 Å². The molecule has 5 nitrogen and oxygen atoms in total. The molecule has 122 valence electrons. The topological polar surface area (TPSA) is 66.6 Å². The maximum atomic E-state index is 13.8. The van der Waals surface area contributed by atoms with Crippen molar-refractivity contribution in [3.05, 3.63) is 41.8 Å². The first kappa shape index (κ1) is 15.7. The van der Waals surface area contributed by atoms with Crippen LogP contribution < -0.4 is 0 Å². The molecule has 1 aliphatic rings. The average molecular weight is 318 g/mol. The number of aromatic nitrogens is 1. The zero-order chi connectivity index (χ0) is 16.4. The number of halogens is 1. The van der Waals surface area contributed by atoms with Gasteiger partial charge in [0.25, 0.3) is 5.91 Å². The number of aliphatic hydroxyl groups is 1. The Bertz CT molecular complexity index is 701. The van der Waals surface area contributed by atoms with Gasteiger partial charge in [0.1, 0.15) is 5.82 Å². The molecule has 0 aliphatic carbocycles. The number of nitrogens with zero attached hydrogens (tertiary/aromatic N) is 2. The molecule has 0 spiro atoms. The molecule has 1 amide bonds. The van der Waals surface area contributed by atoms with Crippen LogP contribution in [0.15, 0.2) is 34.9 Å². The lowest BCUT2D eigenvalue weighted by Gasteiger charge is -2.36. The van der Waals surface area contributed by atoms with Gasteiger partial charge in [0.2, 0.25) is 0 Å². The van der Waals surface area contributed by atoms with Crippen molar-refractivity contribution in [2.75, 3.05) is 13.2 Å². The molecular formula is C17H19FN2O3. The lowest BCUT2D eigenvalue weighted by Crippen LogP contribution is -2.46. The van der Waals surface area contributed by atoms with Crippen molar-refractivity contribution in [2.45, 2.75) is 25.8 Å². The Kier molecular flexibility index (Phi) is 4.43. The molecule has 2 heterocycles. The fraction of sp³-hybridized carbons (Fsp3) is 0.412. The Labute approximate surface area is 133 Å². The van der Waals surface area contributed by atoms with Crippen molar-refractivity contribution in [1.82, 2.24) is 10.1 Å². The second-order valence-corrected chi connectivity index (χ2v) is 5.99. The summed E-state index contributed by atoms with van der Waals surface area (Å²) in [4.78, 5) is 14.3. The first-order chi connectivity index (χ1) is 11.1. The van der Waals surface area contributed by atoms with Gasteiger partial charge in [0, 0.05) is 25.3 Å². The van der Waals surface area contributed by atoms with Crippen LogP contribution in [0.4, 0.5) is 4.39 Å². The first-order valence-electron chi connectivity index (χ1n) is 7.73. The molecule has 6 heteroatoms. The normalized spacial score (nSPS) is 21.4. The lowest BCUT2D eigenvalue weighted by molar-refractivity contribution is 0.0479. The van der Waals surface area contributed by atoms with Crippen molar-refractivity contribution < 1.29 is 18.8 Å². The number of benzene rings is 1. The molecule has 2 atom stereocenters. The smallest absolute Gasteiger partial charge is 0.276 e. The summed E-state index contributed by atoms with van der Waals surface area (Å²) in [5.41, 5.74) is 0.438. The molecule has 1 saturated heterocycles. The number of rotatable bonds is 3. The van der Waals surface area contributed by atoms with Gasteiger partial charge in [-0.05, 0) is 37.8 Å². The van der Waals surface area contributed by atoms with Crippen LogP contribution in [-0.2, 0) is 0 Å².